The highest BCUT2D eigenvalue weighted by Gasteiger charge is 2.39. The zero-order valence-electron chi connectivity index (χ0n) is 18.1. The molecule has 3 rings (SSSR count). The molecule has 0 radical (unpaired) electrons. The summed E-state index contributed by atoms with van der Waals surface area (Å²) in [7, 11) is 1.76. The van der Waals surface area contributed by atoms with E-state index in [1.165, 1.54) is 43.2 Å². The number of benzene rings is 1. The molecule has 156 valence electrons. The van der Waals surface area contributed by atoms with Crippen molar-refractivity contribution < 1.29 is 9.53 Å². The second-order valence-corrected chi connectivity index (χ2v) is 8.70. The van der Waals surface area contributed by atoms with Gasteiger partial charge in [-0.1, -0.05) is 12.5 Å². The Labute approximate surface area is 171 Å². The maximum absolute atomic E-state index is 12.3. The maximum Gasteiger partial charge on any atom is 0.222 e. The van der Waals surface area contributed by atoms with Crippen LogP contribution in [0.4, 0.5) is 0 Å². The molecule has 0 saturated carbocycles. The molecule has 4 nitrogen and oxygen atoms in total. The van der Waals surface area contributed by atoms with Crippen LogP contribution in [-0.2, 0) is 11.2 Å². The van der Waals surface area contributed by atoms with Crippen LogP contribution in [0.5, 0.6) is 5.75 Å². The average Bonchev–Trinajstić information content (AvgIpc) is 2.72. The van der Waals surface area contributed by atoms with Gasteiger partial charge < -0.3 is 15.0 Å². The third-order valence-electron chi connectivity index (χ3n) is 7.01. The number of rotatable bonds is 8. The Morgan fingerprint density at radius 3 is 2.64 bits per heavy atom. The van der Waals surface area contributed by atoms with E-state index in [-0.39, 0.29) is 0 Å². The molecule has 1 amide bonds. The molecular weight excluding hydrogens is 348 g/mol. The Balaban J connectivity index is 1.65. The first-order chi connectivity index (χ1) is 13.6. The predicted molar refractivity (Wildman–Crippen MR) is 115 cm³/mol. The number of amides is 1. The van der Waals surface area contributed by atoms with Crippen molar-refractivity contribution in [2.45, 2.75) is 71.1 Å². The van der Waals surface area contributed by atoms with E-state index in [4.69, 9.17) is 4.74 Å². The van der Waals surface area contributed by atoms with Gasteiger partial charge in [-0.25, -0.2) is 0 Å². The summed E-state index contributed by atoms with van der Waals surface area (Å²) in [5, 5.41) is 3.54. The minimum Gasteiger partial charge on any atom is -0.497 e. The number of ether oxygens (including phenoxy) is 1. The van der Waals surface area contributed by atoms with Crippen LogP contribution in [0.25, 0.3) is 0 Å². The standard InChI is InChI=1S/C24H38N2O2/c1-4-26(5-2)23(27)9-7-6-8-19-17-24(12-14-25-15-13-24)18-20-10-11-21(28-3)16-22(19)20/h10-11,16,19,25H,4-9,12-15,17-18H2,1-3H3. The largest absolute Gasteiger partial charge is 0.497 e. The van der Waals surface area contributed by atoms with E-state index in [9.17, 15) is 4.79 Å². The number of hydrogen-bond acceptors (Lipinski definition) is 3. The Bertz CT molecular complexity index is 648. The van der Waals surface area contributed by atoms with E-state index < -0.39 is 0 Å². The average molecular weight is 387 g/mol. The summed E-state index contributed by atoms with van der Waals surface area (Å²) in [6.07, 6.45) is 9.08. The Morgan fingerprint density at radius 1 is 1.21 bits per heavy atom. The van der Waals surface area contributed by atoms with Gasteiger partial charge in [0.2, 0.25) is 5.91 Å². The molecule has 1 saturated heterocycles. The van der Waals surface area contributed by atoms with Gasteiger partial charge in [0.25, 0.3) is 0 Å². The van der Waals surface area contributed by atoms with E-state index in [0.717, 1.165) is 44.8 Å². The van der Waals surface area contributed by atoms with Crippen molar-refractivity contribution >= 4 is 5.91 Å². The molecule has 1 heterocycles. The van der Waals surface area contributed by atoms with Gasteiger partial charge in [-0.2, -0.15) is 0 Å². The van der Waals surface area contributed by atoms with Crippen molar-refractivity contribution in [1.29, 1.82) is 0 Å². The summed E-state index contributed by atoms with van der Waals surface area (Å²) in [5.41, 5.74) is 3.49. The number of nitrogens with zero attached hydrogens (tertiary/aromatic N) is 1. The number of piperidine rings is 1. The zero-order valence-corrected chi connectivity index (χ0v) is 18.1. The number of carbonyl (C=O) groups excluding carboxylic acids is 1. The summed E-state index contributed by atoms with van der Waals surface area (Å²) in [6.45, 7) is 8.06. The molecule has 1 unspecified atom stereocenters. The van der Waals surface area contributed by atoms with Gasteiger partial charge in [-0.15, -0.1) is 0 Å². The van der Waals surface area contributed by atoms with Crippen LogP contribution in [0.2, 0.25) is 0 Å². The second kappa shape index (κ2) is 9.78. The highest BCUT2D eigenvalue weighted by molar-refractivity contribution is 5.76. The van der Waals surface area contributed by atoms with E-state index in [1.54, 1.807) is 7.11 Å². The normalized spacial score (nSPS) is 20.6. The fraction of sp³-hybridized carbons (Fsp3) is 0.708. The molecular formula is C24H38N2O2. The molecule has 1 fully saturated rings. The third kappa shape index (κ3) is 4.89. The lowest BCUT2D eigenvalue weighted by atomic mass is 9.62. The third-order valence-corrected chi connectivity index (χ3v) is 7.01. The molecule has 1 atom stereocenters. The monoisotopic (exact) mass is 386 g/mol. The Hall–Kier alpha value is -1.55. The summed E-state index contributed by atoms with van der Waals surface area (Å²) >= 11 is 0. The van der Waals surface area contributed by atoms with Crippen molar-refractivity contribution in [3.05, 3.63) is 29.3 Å². The van der Waals surface area contributed by atoms with Crippen LogP contribution in [0, 0.1) is 5.41 Å². The molecule has 1 aromatic rings. The van der Waals surface area contributed by atoms with Crippen LogP contribution in [0.1, 0.15) is 75.8 Å². The lowest BCUT2D eigenvalue weighted by Crippen LogP contribution is -2.41. The Morgan fingerprint density at radius 2 is 1.96 bits per heavy atom. The molecule has 1 aliphatic heterocycles. The smallest absolute Gasteiger partial charge is 0.222 e. The molecule has 2 aliphatic rings. The van der Waals surface area contributed by atoms with Crippen molar-refractivity contribution in [3.8, 4) is 5.75 Å². The van der Waals surface area contributed by atoms with Gasteiger partial charge in [0.1, 0.15) is 5.75 Å². The highest BCUT2D eigenvalue weighted by Crippen LogP contribution is 2.49. The van der Waals surface area contributed by atoms with Crippen molar-refractivity contribution in [2.24, 2.45) is 5.41 Å². The van der Waals surface area contributed by atoms with Crippen LogP contribution < -0.4 is 10.1 Å². The lowest BCUT2D eigenvalue weighted by Gasteiger charge is -2.45. The van der Waals surface area contributed by atoms with Gasteiger partial charge in [-0.3, -0.25) is 4.79 Å². The van der Waals surface area contributed by atoms with E-state index in [2.05, 4.69) is 37.4 Å². The topological polar surface area (TPSA) is 41.6 Å². The minimum atomic E-state index is 0.311. The van der Waals surface area contributed by atoms with Gasteiger partial charge in [0, 0.05) is 19.5 Å². The molecule has 0 aromatic heterocycles. The first-order valence-corrected chi connectivity index (χ1v) is 11.3. The van der Waals surface area contributed by atoms with Crippen LogP contribution in [0.3, 0.4) is 0 Å². The number of carbonyl (C=O) groups is 1. The van der Waals surface area contributed by atoms with Gasteiger partial charge >= 0.3 is 0 Å². The fourth-order valence-corrected chi connectivity index (χ4v) is 5.35. The van der Waals surface area contributed by atoms with Gasteiger partial charge in [0.15, 0.2) is 0 Å². The summed E-state index contributed by atoms with van der Waals surface area (Å²) in [5.74, 6) is 1.88. The van der Waals surface area contributed by atoms with E-state index in [0.29, 0.717) is 23.7 Å². The number of unbranched alkanes of at least 4 members (excludes halogenated alkanes) is 1. The molecule has 1 aliphatic carbocycles. The molecule has 1 N–H and O–H groups in total. The summed E-state index contributed by atoms with van der Waals surface area (Å²) < 4.78 is 5.51. The molecule has 1 aromatic carbocycles. The predicted octanol–water partition coefficient (Wildman–Crippen LogP) is 4.52. The van der Waals surface area contributed by atoms with Crippen LogP contribution >= 0.6 is 0 Å². The van der Waals surface area contributed by atoms with E-state index in [1.807, 2.05) is 4.90 Å². The molecule has 28 heavy (non-hydrogen) atoms. The Kier molecular flexibility index (Phi) is 7.39. The van der Waals surface area contributed by atoms with Crippen molar-refractivity contribution in [3.63, 3.8) is 0 Å². The van der Waals surface area contributed by atoms with Crippen LogP contribution in [-0.4, -0.2) is 44.1 Å². The molecule has 0 bridgehead atoms. The summed E-state index contributed by atoms with van der Waals surface area (Å²) in [4.78, 5) is 14.2. The fourth-order valence-electron chi connectivity index (χ4n) is 5.35. The number of hydrogen-bond donors (Lipinski definition) is 1. The van der Waals surface area contributed by atoms with Gasteiger partial charge in [0.05, 0.1) is 7.11 Å². The second-order valence-electron chi connectivity index (χ2n) is 8.70. The molecule has 4 heteroatoms. The van der Waals surface area contributed by atoms with Crippen molar-refractivity contribution in [2.75, 3.05) is 33.3 Å². The number of methoxy groups -OCH3 is 1. The minimum absolute atomic E-state index is 0.311. The van der Waals surface area contributed by atoms with Crippen molar-refractivity contribution in [1.82, 2.24) is 10.2 Å². The first kappa shape index (κ1) is 21.2. The lowest BCUT2D eigenvalue weighted by molar-refractivity contribution is -0.130. The van der Waals surface area contributed by atoms with Crippen LogP contribution in [0.15, 0.2) is 18.2 Å². The quantitative estimate of drug-likeness (QED) is 0.668. The number of nitrogens with one attached hydrogen (secondary N) is 1. The summed E-state index contributed by atoms with van der Waals surface area (Å²) in [6, 6.07) is 6.70. The zero-order chi connectivity index (χ0) is 20.0. The SMILES string of the molecule is CCN(CC)C(=O)CCCCC1CC2(CCNCC2)Cc2ccc(OC)cc21. The highest BCUT2D eigenvalue weighted by atomic mass is 16.5. The number of fused-ring (bicyclic) bond motifs is 1. The van der Waals surface area contributed by atoms with Gasteiger partial charge in [-0.05, 0) is 100 Å². The van der Waals surface area contributed by atoms with E-state index >= 15 is 0 Å². The first-order valence-electron chi connectivity index (χ1n) is 11.3. The molecule has 1 spiro atoms. The maximum atomic E-state index is 12.3.